The molecule has 0 aliphatic rings. The smallest absolute Gasteiger partial charge is 0.214 e. The lowest BCUT2D eigenvalue weighted by atomic mass is 10.2. The number of hydrogen-bond acceptors (Lipinski definition) is 3. The lowest BCUT2D eigenvalue weighted by Gasteiger charge is -2.15. The predicted octanol–water partition coefficient (Wildman–Crippen LogP) is 1.47. The first kappa shape index (κ1) is 12.1. The molecule has 4 nitrogen and oxygen atoms in total. The lowest BCUT2D eigenvalue weighted by Crippen LogP contribution is -2.32. The molecular weight excluding hydrogens is 212 g/mol. The van der Waals surface area contributed by atoms with Crippen molar-refractivity contribution in [3.63, 3.8) is 0 Å². The molecule has 1 unspecified atom stereocenters. The molecule has 5 heteroatoms. The third-order valence-electron chi connectivity index (χ3n) is 2.15. The van der Waals surface area contributed by atoms with Crippen molar-refractivity contribution in [3.05, 3.63) is 30.1 Å². The van der Waals surface area contributed by atoms with E-state index in [0.717, 1.165) is 5.56 Å². The molecule has 1 rings (SSSR count). The standard InChI is InChI=1S/C10H16N2O2S/c1-8(2)15(13,14)12-9(3)10-5-4-6-11-7-10/h4-9,12H,1-3H3. The van der Waals surface area contributed by atoms with Crippen molar-refractivity contribution in [1.29, 1.82) is 0 Å². The van der Waals surface area contributed by atoms with Crippen molar-refractivity contribution in [3.8, 4) is 0 Å². The van der Waals surface area contributed by atoms with Gasteiger partial charge in [-0.2, -0.15) is 0 Å². The van der Waals surface area contributed by atoms with Gasteiger partial charge >= 0.3 is 0 Å². The molecule has 0 aliphatic heterocycles. The van der Waals surface area contributed by atoms with Crippen LogP contribution in [0.25, 0.3) is 0 Å². The molecule has 1 aromatic rings. The quantitative estimate of drug-likeness (QED) is 0.849. The van der Waals surface area contributed by atoms with Gasteiger partial charge in [-0.15, -0.1) is 0 Å². The van der Waals surface area contributed by atoms with Crippen molar-refractivity contribution >= 4 is 10.0 Å². The molecule has 0 aromatic carbocycles. The van der Waals surface area contributed by atoms with Crippen LogP contribution in [0.15, 0.2) is 24.5 Å². The summed E-state index contributed by atoms with van der Waals surface area (Å²) in [5.74, 6) is 0. The molecule has 84 valence electrons. The summed E-state index contributed by atoms with van der Waals surface area (Å²) in [6.45, 7) is 5.10. The highest BCUT2D eigenvalue weighted by Crippen LogP contribution is 2.12. The van der Waals surface area contributed by atoms with E-state index >= 15 is 0 Å². The zero-order valence-electron chi connectivity index (χ0n) is 9.14. The second-order valence-corrected chi connectivity index (χ2v) is 5.99. The highest BCUT2D eigenvalue weighted by molar-refractivity contribution is 7.90. The fourth-order valence-corrected chi connectivity index (χ4v) is 1.98. The first-order valence-corrected chi connectivity index (χ1v) is 6.39. The van der Waals surface area contributed by atoms with Crippen LogP contribution in [0, 0.1) is 0 Å². The van der Waals surface area contributed by atoms with E-state index in [9.17, 15) is 8.42 Å². The van der Waals surface area contributed by atoms with E-state index in [2.05, 4.69) is 9.71 Å². The molecule has 1 N–H and O–H groups in total. The summed E-state index contributed by atoms with van der Waals surface area (Å²) in [5, 5.41) is -0.420. The molecule has 1 heterocycles. The normalized spacial score (nSPS) is 14.1. The summed E-state index contributed by atoms with van der Waals surface area (Å²) in [4.78, 5) is 3.95. The summed E-state index contributed by atoms with van der Waals surface area (Å²) in [6, 6.07) is 3.39. The number of rotatable bonds is 4. The SMILES string of the molecule is CC(NS(=O)(=O)C(C)C)c1cccnc1. The first-order valence-electron chi connectivity index (χ1n) is 4.84. The van der Waals surface area contributed by atoms with E-state index in [0.29, 0.717) is 0 Å². The van der Waals surface area contributed by atoms with E-state index in [1.165, 1.54) is 0 Å². The number of aromatic nitrogens is 1. The van der Waals surface area contributed by atoms with Gasteiger partial charge < -0.3 is 0 Å². The second-order valence-electron chi connectivity index (χ2n) is 3.72. The maximum absolute atomic E-state index is 11.6. The molecule has 0 aliphatic carbocycles. The van der Waals surface area contributed by atoms with E-state index < -0.39 is 15.3 Å². The molecule has 15 heavy (non-hydrogen) atoms. The monoisotopic (exact) mass is 228 g/mol. The van der Waals surface area contributed by atoms with E-state index in [-0.39, 0.29) is 6.04 Å². The molecule has 0 saturated carbocycles. The van der Waals surface area contributed by atoms with Crippen molar-refractivity contribution in [2.75, 3.05) is 0 Å². The second kappa shape index (κ2) is 4.72. The highest BCUT2D eigenvalue weighted by Gasteiger charge is 2.19. The van der Waals surface area contributed by atoms with Crippen LogP contribution in [0.1, 0.15) is 32.4 Å². The van der Waals surface area contributed by atoms with Crippen molar-refractivity contribution < 1.29 is 8.42 Å². The number of pyridine rings is 1. The number of nitrogens with one attached hydrogen (secondary N) is 1. The largest absolute Gasteiger partial charge is 0.264 e. The van der Waals surface area contributed by atoms with Crippen molar-refractivity contribution in [1.82, 2.24) is 9.71 Å². The minimum atomic E-state index is -3.22. The highest BCUT2D eigenvalue weighted by atomic mass is 32.2. The molecule has 0 amide bonds. The van der Waals surface area contributed by atoms with Crippen LogP contribution < -0.4 is 4.72 Å². The maximum atomic E-state index is 11.6. The van der Waals surface area contributed by atoms with Gasteiger partial charge in [-0.3, -0.25) is 4.98 Å². The van der Waals surface area contributed by atoms with Crippen LogP contribution in [0.3, 0.4) is 0 Å². The molecule has 1 atom stereocenters. The lowest BCUT2D eigenvalue weighted by molar-refractivity contribution is 0.557. The third-order valence-corrected chi connectivity index (χ3v) is 4.07. The first-order chi connectivity index (χ1) is 6.93. The van der Waals surface area contributed by atoms with Gasteiger partial charge in [0.05, 0.1) is 5.25 Å². The van der Waals surface area contributed by atoms with Crippen LogP contribution in [-0.2, 0) is 10.0 Å². The van der Waals surface area contributed by atoms with Gasteiger partial charge in [0.25, 0.3) is 0 Å². The third kappa shape index (κ3) is 3.28. The Morgan fingerprint density at radius 2 is 2.00 bits per heavy atom. The zero-order chi connectivity index (χ0) is 11.5. The Kier molecular flexibility index (Phi) is 3.82. The molecule has 0 fully saturated rings. The summed E-state index contributed by atoms with van der Waals surface area (Å²) in [5.41, 5.74) is 0.863. The van der Waals surface area contributed by atoms with Gasteiger partial charge in [-0.25, -0.2) is 13.1 Å². The Bertz CT molecular complexity index is 401. The summed E-state index contributed by atoms with van der Waals surface area (Å²) in [7, 11) is -3.22. The molecule has 0 bridgehead atoms. The minimum Gasteiger partial charge on any atom is -0.264 e. The van der Waals surface area contributed by atoms with E-state index in [1.54, 1.807) is 39.2 Å². The van der Waals surface area contributed by atoms with Crippen LogP contribution in [0.5, 0.6) is 0 Å². The summed E-state index contributed by atoms with van der Waals surface area (Å²) in [6.07, 6.45) is 3.32. The van der Waals surface area contributed by atoms with Crippen LogP contribution >= 0.6 is 0 Å². The van der Waals surface area contributed by atoms with Gasteiger partial charge in [-0.05, 0) is 32.4 Å². The molecule has 0 saturated heterocycles. The Hall–Kier alpha value is -0.940. The predicted molar refractivity (Wildman–Crippen MR) is 59.8 cm³/mol. The van der Waals surface area contributed by atoms with Gasteiger partial charge in [-0.1, -0.05) is 6.07 Å². The molecule has 0 radical (unpaired) electrons. The topological polar surface area (TPSA) is 59.1 Å². The fourth-order valence-electron chi connectivity index (χ4n) is 1.08. The van der Waals surface area contributed by atoms with E-state index in [4.69, 9.17) is 0 Å². The number of hydrogen-bond donors (Lipinski definition) is 1. The molecular formula is C10H16N2O2S. The van der Waals surface area contributed by atoms with E-state index in [1.807, 2.05) is 6.07 Å². The Labute approximate surface area is 90.8 Å². The van der Waals surface area contributed by atoms with Crippen LogP contribution in [-0.4, -0.2) is 18.7 Å². The molecule has 1 aromatic heterocycles. The van der Waals surface area contributed by atoms with Crippen LogP contribution in [0.2, 0.25) is 0 Å². The Morgan fingerprint density at radius 3 is 2.47 bits per heavy atom. The summed E-state index contributed by atoms with van der Waals surface area (Å²) >= 11 is 0. The average molecular weight is 228 g/mol. The molecule has 0 spiro atoms. The Balaban J connectivity index is 2.77. The van der Waals surface area contributed by atoms with Gasteiger partial charge in [0.1, 0.15) is 0 Å². The van der Waals surface area contributed by atoms with Crippen molar-refractivity contribution in [2.45, 2.75) is 32.1 Å². The van der Waals surface area contributed by atoms with Crippen molar-refractivity contribution in [2.24, 2.45) is 0 Å². The summed E-state index contributed by atoms with van der Waals surface area (Å²) < 4.78 is 25.8. The average Bonchev–Trinajstić information content (AvgIpc) is 2.18. The number of sulfonamides is 1. The van der Waals surface area contributed by atoms with Crippen LogP contribution in [0.4, 0.5) is 0 Å². The van der Waals surface area contributed by atoms with Gasteiger partial charge in [0, 0.05) is 18.4 Å². The Morgan fingerprint density at radius 1 is 1.33 bits per heavy atom. The maximum Gasteiger partial charge on any atom is 0.214 e. The number of nitrogens with zero attached hydrogens (tertiary/aromatic N) is 1. The fraction of sp³-hybridized carbons (Fsp3) is 0.500. The van der Waals surface area contributed by atoms with Gasteiger partial charge in [0.15, 0.2) is 0 Å². The van der Waals surface area contributed by atoms with Gasteiger partial charge in [0.2, 0.25) is 10.0 Å². The zero-order valence-corrected chi connectivity index (χ0v) is 9.95. The minimum absolute atomic E-state index is 0.244.